The van der Waals surface area contributed by atoms with Gasteiger partial charge in [-0.1, -0.05) is 17.7 Å². The van der Waals surface area contributed by atoms with Crippen molar-refractivity contribution in [3.8, 4) is 0 Å². The number of aromatic nitrogens is 4. The second-order valence-electron chi connectivity index (χ2n) is 6.30. The fraction of sp³-hybridized carbons (Fsp3) is 0.389. The van der Waals surface area contributed by atoms with Gasteiger partial charge in [0, 0.05) is 43.4 Å². The highest BCUT2D eigenvalue weighted by Gasteiger charge is 2.22. The Hall–Kier alpha value is -2.34. The van der Waals surface area contributed by atoms with Gasteiger partial charge in [0.25, 0.3) is 0 Å². The van der Waals surface area contributed by atoms with Crippen molar-refractivity contribution in [2.45, 2.75) is 20.4 Å². The second kappa shape index (κ2) is 6.52. The van der Waals surface area contributed by atoms with E-state index in [0.29, 0.717) is 0 Å². The van der Waals surface area contributed by atoms with E-state index in [4.69, 9.17) is 11.6 Å². The molecular weight excluding hydrogens is 336 g/mol. The lowest BCUT2D eigenvalue weighted by Gasteiger charge is -2.37. The third kappa shape index (κ3) is 2.91. The van der Waals surface area contributed by atoms with Crippen LogP contribution in [-0.4, -0.2) is 45.7 Å². The van der Waals surface area contributed by atoms with E-state index < -0.39 is 0 Å². The molecule has 0 unspecified atom stereocenters. The van der Waals surface area contributed by atoms with Crippen molar-refractivity contribution < 1.29 is 0 Å². The molecule has 0 spiro atoms. The molecule has 3 heterocycles. The van der Waals surface area contributed by atoms with Gasteiger partial charge < -0.3 is 14.4 Å². The molecule has 0 radical (unpaired) electrons. The van der Waals surface area contributed by atoms with Gasteiger partial charge in [-0.2, -0.15) is 0 Å². The fourth-order valence-electron chi connectivity index (χ4n) is 3.41. The van der Waals surface area contributed by atoms with Crippen molar-refractivity contribution in [2.75, 3.05) is 36.0 Å². The molecule has 1 aliphatic heterocycles. The van der Waals surface area contributed by atoms with Crippen molar-refractivity contribution >= 4 is 34.3 Å². The molecule has 1 aromatic carbocycles. The Bertz CT molecular complexity index is 898. The number of nitrogens with zero attached hydrogens (tertiary/aromatic N) is 6. The van der Waals surface area contributed by atoms with Crippen LogP contribution in [0.15, 0.2) is 30.9 Å². The average Bonchev–Trinajstić information content (AvgIpc) is 3.07. The summed E-state index contributed by atoms with van der Waals surface area (Å²) in [4.78, 5) is 18.1. The first-order chi connectivity index (χ1) is 12.2. The molecule has 6 nitrogen and oxygen atoms in total. The lowest BCUT2D eigenvalue weighted by Crippen LogP contribution is -2.47. The van der Waals surface area contributed by atoms with Crippen LogP contribution in [0.5, 0.6) is 0 Å². The first kappa shape index (κ1) is 16.1. The standard InChI is InChI=1S/C18H21ClN6/c1-3-23-12-22-16-17(23)20-11-21-18(16)25-8-6-24(7-9-25)15-10-14(19)5-4-13(15)2/h4-5,10-12H,3,6-9H2,1-2H3. The van der Waals surface area contributed by atoms with Gasteiger partial charge >= 0.3 is 0 Å². The van der Waals surface area contributed by atoms with Gasteiger partial charge in [-0.05, 0) is 31.5 Å². The van der Waals surface area contributed by atoms with E-state index in [1.54, 1.807) is 6.33 Å². The summed E-state index contributed by atoms with van der Waals surface area (Å²) >= 11 is 6.18. The van der Waals surface area contributed by atoms with E-state index >= 15 is 0 Å². The SMILES string of the molecule is CCn1cnc2c(N3CCN(c4cc(Cl)ccc4C)CC3)ncnc21. The van der Waals surface area contributed by atoms with Gasteiger partial charge in [0.2, 0.25) is 0 Å². The summed E-state index contributed by atoms with van der Waals surface area (Å²) in [5.41, 5.74) is 4.26. The smallest absolute Gasteiger partial charge is 0.165 e. The zero-order valence-electron chi connectivity index (χ0n) is 14.5. The molecule has 0 atom stereocenters. The molecule has 7 heteroatoms. The lowest BCUT2D eigenvalue weighted by atomic mass is 10.1. The second-order valence-corrected chi connectivity index (χ2v) is 6.74. The Morgan fingerprint density at radius 2 is 1.80 bits per heavy atom. The number of aryl methyl sites for hydroxylation is 2. The quantitative estimate of drug-likeness (QED) is 0.721. The molecule has 3 aromatic rings. The van der Waals surface area contributed by atoms with Crippen LogP contribution in [0.3, 0.4) is 0 Å². The predicted molar refractivity (Wildman–Crippen MR) is 102 cm³/mol. The Morgan fingerprint density at radius 1 is 1.04 bits per heavy atom. The molecule has 1 fully saturated rings. The molecule has 2 aromatic heterocycles. The minimum Gasteiger partial charge on any atom is -0.368 e. The van der Waals surface area contributed by atoms with E-state index in [1.807, 2.05) is 17.0 Å². The average molecular weight is 357 g/mol. The Balaban J connectivity index is 1.56. The van der Waals surface area contributed by atoms with Gasteiger partial charge in [0.1, 0.15) is 6.33 Å². The maximum absolute atomic E-state index is 6.18. The van der Waals surface area contributed by atoms with E-state index in [9.17, 15) is 0 Å². The summed E-state index contributed by atoms with van der Waals surface area (Å²) < 4.78 is 2.05. The first-order valence-corrected chi connectivity index (χ1v) is 8.97. The highest BCUT2D eigenvalue weighted by Crippen LogP contribution is 2.27. The number of hydrogen-bond donors (Lipinski definition) is 0. The molecule has 0 amide bonds. The third-order valence-electron chi connectivity index (χ3n) is 4.81. The summed E-state index contributed by atoms with van der Waals surface area (Å²) in [7, 11) is 0. The first-order valence-electron chi connectivity index (χ1n) is 8.59. The zero-order chi connectivity index (χ0) is 17.4. The van der Waals surface area contributed by atoms with Crippen LogP contribution in [0, 0.1) is 6.92 Å². The van der Waals surface area contributed by atoms with Crippen molar-refractivity contribution in [3.05, 3.63) is 41.4 Å². The van der Waals surface area contributed by atoms with Crippen molar-refractivity contribution in [1.82, 2.24) is 19.5 Å². The Kier molecular flexibility index (Phi) is 4.21. The monoisotopic (exact) mass is 356 g/mol. The number of benzene rings is 1. The number of rotatable bonds is 3. The van der Waals surface area contributed by atoms with Crippen LogP contribution in [0.2, 0.25) is 5.02 Å². The zero-order valence-corrected chi connectivity index (χ0v) is 15.2. The fourth-order valence-corrected chi connectivity index (χ4v) is 3.58. The van der Waals surface area contributed by atoms with E-state index in [-0.39, 0.29) is 0 Å². The largest absolute Gasteiger partial charge is 0.368 e. The van der Waals surface area contributed by atoms with Gasteiger partial charge in [0.05, 0.1) is 6.33 Å². The normalized spacial score (nSPS) is 15.2. The highest BCUT2D eigenvalue weighted by molar-refractivity contribution is 6.30. The van der Waals surface area contributed by atoms with Gasteiger partial charge in [-0.3, -0.25) is 0 Å². The number of hydrogen-bond acceptors (Lipinski definition) is 5. The highest BCUT2D eigenvalue weighted by atomic mass is 35.5. The number of halogens is 1. The molecule has 25 heavy (non-hydrogen) atoms. The minimum atomic E-state index is 0.783. The van der Waals surface area contributed by atoms with E-state index in [0.717, 1.165) is 54.7 Å². The van der Waals surface area contributed by atoms with Crippen LogP contribution < -0.4 is 9.80 Å². The van der Waals surface area contributed by atoms with E-state index in [1.165, 1.54) is 11.3 Å². The molecule has 130 valence electrons. The summed E-state index contributed by atoms with van der Waals surface area (Å²) in [6, 6.07) is 6.08. The summed E-state index contributed by atoms with van der Waals surface area (Å²) in [5.74, 6) is 0.930. The Labute approximate surface area is 152 Å². The summed E-state index contributed by atoms with van der Waals surface area (Å²) in [6.45, 7) is 8.74. The van der Waals surface area contributed by atoms with Crippen molar-refractivity contribution in [3.63, 3.8) is 0 Å². The van der Waals surface area contributed by atoms with Gasteiger partial charge in [0.15, 0.2) is 17.0 Å². The number of piperazine rings is 1. The lowest BCUT2D eigenvalue weighted by molar-refractivity contribution is 0.647. The summed E-state index contributed by atoms with van der Waals surface area (Å²) in [5, 5.41) is 0.783. The van der Waals surface area contributed by atoms with Crippen LogP contribution >= 0.6 is 11.6 Å². The molecule has 0 aliphatic carbocycles. The van der Waals surface area contributed by atoms with Crippen LogP contribution in [0.4, 0.5) is 11.5 Å². The van der Waals surface area contributed by atoms with Crippen LogP contribution in [0.1, 0.15) is 12.5 Å². The molecular formula is C18H21ClN6. The molecule has 0 N–H and O–H groups in total. The molecule has 0 saturated carbocycles. The number of imidazole rings is 1. The van der Waals surface area contributed by atoms with Gasteiger partial charge in [-0.25, -0.2) is 15.0 Å². The van der Waals surface area contributed by atoms with Crippen molar-refractivity contribution in [1.29, 1.82) is 0 Å². The minimum absolute atomic E-state index is 0.783. The maximum Gasteiger partial charge on any atom is 0.165 e. The third-order valence-corrected chi connectivity index (χ3v) is 5.05. The molecule has 1 saturated heterocycles. The molecule has 1 aliphatic rings. The van der Waals surface area contributed by atoms with Gasteiger partial charge in [-0.15, -0.1) is 0 Å². The topological polar surface area (TPSA) is 50.1 Å². The van der Waals surface area contributed by atoms with Crippen LogP contribution in [-0.2, 0) is 6.54 Å². The number of anilines is 2. The van der Waals surface area contributed by atoms with E-state index in [2.05, 4.69) is 50.7 Å². The predicted octanol–water partition coefficient (Wildman–Crippen LogP) is 3.13. The summed E-state index contributed by atoms with van der Waals surface area (Å²) in [6.07, 6.45) is 3.48. The van der Waals surface area contributed by atoms with Crippen molar-refractivity contribution in [2.24, 2.45) is 0 Å². The number of fused-ring (bicyclic) bond motifs is 1. The van der Waals surface area contributed by atoms with Crippen LogP contribution in [0.25, 0.3) is 11.2 Å². The maximum atomic E-state index is 6.18. The molecule has 0 bridgehead atoms. The molecule has 4 rings (SSSR count). The Morgan fingerprint density at radius 3 is 2.56 bits per heavy atom.